The van der Waals surface area contributed by atoms with Crippen molar-refractivity contribution in [2.24, 2.45) is 0 Å². The topological polar surface area (TPSA) is 53.5 Å². The number of halogens is 2. The first-order valence-corrected chi connectivity index (χ1v) is 9.68. The number of piperidine rings is 1. The SMILES string of the molecule is Cc1ccc(N(CC(=O)N2CCCCC2)C(=O)c2cnc(Cl)c(Cl)c2)cc1. The molecule has 3 rings (SSSR count). The van der Waals surface area contributed by atoms with Gasteiger partial charge in [0.15, 0.2) is 0 Å². The number of anilines is 1. The zero-order chi connectivity index (χ0) is 19.4. The van der Waals surface area contributed by atoms with Crippen molar-refractivity contribution in [1.29, 1.82) is 0 Å². The van der Waals surface area contributed by atoms with Crippen molar-refractivity contribution < 1.29 is 9.59 Å². The molecule has 5 nitrogen and oxygen atoms in total. The van der Waals surface area contributed by atoms with Gasteiger partial charge in [0.25, 0.3) is 5.91 Å². The van der Waals surface area contributed by atoms with Crippen molar-refractivity contribution in [2.75, 3.05) is 24.5 Å². The van der Waals surface area contributed by atoms with E-state index < -0.39 is 0 Å². The van der Waals surface area contributed by atoms with Gasteiger partial charge in [-0.1, -0.05) is 40.9 Å². The van der Waals surface area contributed by atoms with Crippen LogP contribution in [-0.2, 0) is 4.79 Å². The maximum atomic E-state index is 13.1. The van der Waals surface area contributed by atoms with Gasteiger partial charge < -0.3 is 4.90 Å². The molecular formula is C20H21Cl2N3O2. The van der Waals surface area contributed by atoms with E-state index in [-0.39, 0.29) is 34.1 Å². The minimum absolute atomic E-state index is 0.0257. The van der Waals surface area contributed by atoms with E-state index in [1.54, 1.807) is 0 Å². The smallest absolute Gasteiger partial charge is 0.260 e. The molecule has 0 N–H and O–H groups in total. The number of pyridine rings is 1. The van der Waals surface area contributed by atoms with Gasteiger partial charge in [0.05, 0.1) is 10.6 Å². The van der Waals surface area contributed by atoms with Crippen LogP contribution in [0.2, 0.25) is 10.2 Å². The van der Waals surface area contributed by atoms with Crippen molar-refractivity contribution in [3.63, 3.8) is 0 Å². The molecule has 1 fully saturated rings. The van der Waals surface area contributed by atoms with Gasteiger partial charge in [-0.05, 0) is 44.4 Å². The zero-order valence-corrected chi connectivity index (χ0v) is 16.6. The Bertz CT molecular complexity index is 834. The molecule has 2 heterocycles. The lowest BCUT2D eigenvalue weighted by molar-refractivity contribution is -0.130. The van der Waals surface area contributed by atoms with Gasteiger partial charge in [-0.3, -0.25) is 14.5 Å². The molecule has 2 aromatic rings. The second-order valence-electron chi connectivity index (χ2n) is 6.66. The molecule has 1 aromatic heterocycles. The van der Waals surface area contributed by atoms with Crippen molar-refractivity contribution >= 4 is 40.7 Å². The van der Waals surface area contributed by atoms with E-state index in [9.17, 15) is 9.59 Å². The summed E-state index contributed by atoms with van der Waals surface area (Å²) < 4.78 is 0. The van der Waals surface area contributed by atoms with Crippen molar-refractivity contribution in [3.05, 3.63) is 57.8 Å². The second kappa shape index (κ2) is 8.72. The third-order valence-electron chi connectivity index (χ3n) is 4.64. The molecule has 1 saturated heterocycles. The van der Waals surface area contributed by atoms with E-state index >= 15 is 0 Å². The number of hydrogen-bond donors (Lipinski definition) is 0. The summed E-state index contributed by atoms with van der Waals surface area (Å²) in [6.07, 6.45) is 4.52. The molecule has 2 amide bonds. The lowest BCUT2D eigenvalue weighted by Crippen LogP contribution is -2.45. The highest BCUT2D eigenvalue weighted by atomic mass is 35.5. The number of carbonyl (C=O) groups excluding carboxylic acids is 2. The van der Waals surface area contributed by atoms with Crippen molar-refractivity contribution in [1.82, 2.24) is 9.88 Å². The Morgan fingerprint density at radius 2 is 1.78 bits per heavy atom. The van der Waals surface area contributed by atoms with Crippen LogP contribution in [0.25, 0.3) is 0 Å². The van der Waals surface area contributed by atoms with Gasteiger partial charge in [0, 0.05) is 25.0 Å². The number of hydrogen-bond acceptors (Lipinski definition) is 3. The van der Waals surface area contributed by atoms with E-state index in [4.69, 9.17) is 23.2 Å². The molecule has 7 heteroatoms. The average Bonchev–Trinajstić information content (AvgIpc) is 2.69. The van der Waals surface area contributed by atoms with Crippen molar-refractivity contribution in [2.45, 2.75) is 26.2 Å². The van der Waals surface area contributed by atoms with Crippen LogP contribution in [0.5, 0.6) is 0 Å². The largest absolute Gasteiger partial charge is 0.341 e. The highest BCUT2D eigenvalue weighted by Crippen LogP contribution is 2.23. The van der Waals surface area contributed by atoms with E-state index in [0.717, 1.165) is 37.9 Å². The molecule has 0 radical (unpaired) electrons. The van der Waals surface area contributed by atoms with E-state index in [1.165, 1.54) is 17.2 Å². The van der Waals surface area contributed by atoms with Gasteiger partial charge >= 0.3 is 0 Å². The lowest BCUT2D eigenvalue weighted by atomic mass is 10.1. The summed E-state index contributed by atoms with van der Waals surface area (Å²) in [6, 6.07) is 8.97. The Labute approximate surface area is 168 Å². The van der Waals surface area contributed by atoms with Gasteiger partial charge in [0.2, 0.25) is 5.91 Å². The molecule has 1 aromatic carbocycles. The van der Waals surface area contributed by atoms with Crippen LogP contribution in [0.4, 0.5) is 5.69 Å². The fraction of sp³-hybridized carbons (Fsp3) is 0.350. The van der Waals surface area contributed by atoms with Gasteiger partial charge in [-0.15, -0.1) is 0 Å². The molecular weight excluding hydrogens is 385 g/mol. The number of rotatable bonds is 4. The summed E-state index contributed by atoms with van der Waals surface area (Å²) in [5.41, 5.74) is 2.02. The fourth-order valence-corrected chi connectivity index (χ4v) is 3.35. The molecule has 0 unspecified atom stereocenters. The molecule has 142 valence electrons. The third-order valence-corrected chi connectivity index (χ3v) is 5.32. The van der Waals surface area contributed by atoms with Crippen LogP contribution >= 0.6 is 23.2 Å². The van der Waals surface area contributed by atoms with Gasteiger partial charge in [0.1, 0.15) is 11.7 Å². The van der Waals surface area contributed by atoms with E-state index in [0.29, 0.717) is 5.69 Å². The summed E-state index contributed by atoms with van der Waals surface area (Å²) in [7, 11) is 0. The number of nitrogens with zero attached hydrogens (tertiary/aromatic N) is 3. The maximum absolute atomic E-state index is 13.1. The molecule has 0 saturated carbocycles. The Balaban J connectivity index is 1.88. The lowest BCUT2D eigenvalue weighted by Gasteiger charge is -2.30. The predicted molar refractivity (Wildman–Crippen MR) is 108 cm³/mol. The summed E-state index contributed by atoms with van der Waals surface area (Å²) in [5.74, 6) is -0.396. The Hall–Kier alpha value is -2.11. The Morgan fingerprint density at radius 3 is 2.41 bits per heavy atom. The number of carbonyl (C=O) groups is 2. The zero-order valence-electron chi connectivity index (χ0n) is 15.1. The Kier molecular flexibility index (Phi) is 6.34. The first kappa shape index (κ1) is 19.6. The first-order chi connectivity index (χ1) is 13.0. The van der Waals surface area contributed by atoms with E-state index in [1.807, 2.05) is 36.1 Å². The summed E-state index contributed by atoms with van der Waals surface area (Å²) in [4.78, 5) is 33.1. The summed E-state index contributed by atoms with van der Waals surface area (Å²) in [6.45, 7) is 3.42. The number of aromatic nitrogens is 1. The maximum Gasteiger partial charge on any atom is 0.260 e. The highest BCUT2D eigenvalue weighted by molar-refractivity contribution is 6.41. The number of aryl methyl sites for hydroxylation is 1. The molecule has 1 aliphatic heterocycles. The normalized spacial score (nSPS) is 14.1. The minimum atomic E-state index is -0.338. The molecule has 0 bridgehead atoms. The van der Waals surface area contributed by atoms with Gasteiger partial charge in [-0.2, -0.15) is 0 Å². The molecule has 0 spiro atoms. The van der Waals surface area contributed by atoms with Crippen LogP contribution < -0.4 is 4.90 Å². The number of amides is 2. The van der Waals surface area contributed by atoms with E-state index in [2.05, 4.69) is 4.98 Å². The summed E-state index contributed by atoms with van der Waals surface area (Å²) >= 11 is 11.9. The third kappa shape index (κ3) is 4.79. The van der Waals surface area contributed by atoms with Crippen LogP contribution in [0.3, 0.4) is 0 Å². The quantitative estimate of drug-likeness (QED) is 0.710. The molecule has 0 aliphatic carbocycles. The van der Waals surface area contributed by atoms with Crippen LogP contribution in [-0.4, -0.2) is 41.3 Å². The van der Waals surface area contributed by atoms with Crippen molar-refractivity contribution in [3.8, 4) is 0 Å². The monoisotopic (exact) mass is 405 g/mol. The molecule has 1 aliphatic rings. The van der Waals surface area contributed by atoms with Crippen LogP contribution in [0.15, 0.2) is 36.5 Å². The predicted octanol–water partition coefficient (Wildman–Crippen LogP) is 4.36. The standard InChI is InChI=1S/C20H21Cl2N3O2/c1-14-5-7-16(8-6-14)25(13-18(26)24-9-3-2-4-10-24)20(27)15-11-17(21)19(22)23-12-15/h5-8,11-12H,2-4,9-10,13H2,1H3. The van der Waals surface area contributed by atoms with Crippen LogP contribution in [0.1, 0.15) is 35.2 Å². The summed E-state index contributed by atoms with van der Waals surface area (Å²) in [5, 5.41) is 0.341. The van der Waals surface area contributed by atoms with Gasteiger partial charge in [-0.25, -0.2) is 4.98 Å². The number of likely N-dealkylation sites (tertiary alicyclic amines) is 1. The van der Waals surface area contributed by atoms with Crippen LogP contribution in [0, 0.1) is 6.92 Å². The molecule has 0 atom stereocenters. The second-order valence-corrected chi connectivity index (χ2v) is 7.43. The first-order valence-electron chi connectivity index (χ1n) is 8.93. The minimum Gasteiger partial charge on any atom is -0.341 e. The Morgan fingerprint density at radius 1 is 1.11 bits per heavy atom. The highest BCUT2D eigenvalue weighted by Gasteiger charge is 2.25. The average molecular weight is 406 g/mol. The molecule has 27 heavy (non-hydrogen) atoms. The number of benzene rings is 1. The fourth-order valence-electron chi connectivity index (χ4n) is 3.08.